The highest BCUT2D eigenvalue weighted by Gasteiger charge is 2.06. The molecule has 0 spiro atoms. The largest absolute Gasteiger partial charge is 0.378 e. The molecule has 0 aromatic carbocycles. The second kappa shape index (κ2) is 14.6. The van der Waals surface area contributed by atoms with Crippen LogP contribution in [0.25, 0.3) is 0 Å². The van der Waals surface area contributed by atoms with Crippen LogP contribution in [0.2, 0.25) is 0 Å². The molecular formula is C14H31NO3. The predicted octanol–water partition coefficient (Wildman–Crippen LogP) is 2.22. The van der Waals surface area contributed by atoms with Crippen molar-refractivity contribution in [3.05, 3.63) is 0 Å². The lowest BCUT2D eigenvalue weighted by Gasteiger charge is -2.13. The molecule has 0 saturated carbocycles. The molecule has 110 valence electrons. The van der Waals surface area contributed by atoms with Crippen molar-refractivity contribution >= 4 is 5.78 Å². The van der Waals surface area contributed by atoms with Crippen LogP contribution in [0.15, 0.2) is 0 Å². The smallest absolute Gasteiger partial charge is 0.160 e. The molecule has 0 radical (unpaired) electrons. The van der Waals surface area contributed by atoms with Crippen molar-refractivity contribution in [3.8, 4) is 0 Å². The van der Waals surface area contributed by atoms with Crippen LogP contribution in [-0.2, 0) is 14.3 Å². The van der Waals surface area contributed by atoms with E-state index in [1.165, 1.54) is 0 Å². The summed E-state index contributed by atoms with van der Waals surface area (Å²) in [6, 6.07) is 0. The minimum atomic E-state index is 0.0547. The van der Waals surface area contributed by atoms with E-state index in [1.807, 2.05) is 27.7 Å². The number of likely N-dealkylation sites (N-methyl/N-ethyl adjacent to an activating group) is 1. The van der Waals surface area contributed by atoms with Crippen LogP contribution in [0.5, 0.6) is 0 Å². The van der Waals surface area contributed by atoms with Gasteiger partial charge in [0.25, 0.3) is 0 Å². The van der Waals surface area contributed by atoms with E-state index in [-0.39, 0.29) is 18.3 Å². The number of rotatable bonds is 10. The fraction of sp³-hybridized carbons (Fsp3) is 0.929. The van der Waals surface area contributed by atoms with Gasteiger partial charge in [-0.3, -0.25) is 4.79 Å². The molecule has 0 bridgehead atoms. The van der Waals surface area contributed by atoms with Crippen molar-refractivity contribution in [1.82, 2.24) is 4.90 Å². The van der Waals surface area contributed by atoms with E-state index in [1.54, 1.807) is 0 Å². The Balaban J connectivity index is 0. The van der Waals surface area contributed by atoms with Crippen LogP contribution < -0.4 is 0 Å². The van der Waals surface area contributed by atoms with Crippen LogP contribution in [0.4, 0.5) is 0 Å². The van der Waals surface area contributed by atoms with E-state index < -0.39 is 0 Å². The molecule has 0 amide bonds. The maximum Gasteiger partial charge on any atom is 0.160 e. The molecule has 0 aliphatic rings. The Morgan fingerprint density at radius 2 is 1.67 bits per heavy atom. The second-order valence-electron chi connectivity index (χ2n) is 4.18. The number of ketones is 1. The average Bonchev–Trinajstić information content (AvgIpc) is 2.39. The summed E-state index contributed by atoms with van der Waals surface area (Å²) in [5, 5.41) is 0. The van der Waals surface area contributed by atoms with Gasteiger partial charge in [-0.15, -0.1) is 0 Å². The van der Waals surface area contributed by atoms with Crippen molar-refractivity contribution in [2.45, 2.75) is 34.6 Å². The summed E-state index contributed by atoms with van der Waals surface area (Å²) < 4.78 is 10.6. The average molecular weight is 261 g/mol. The van der Waals surface area contributed by atoms with E-state index in [0.29, 0.717) is 19.8 Å². The third-order valence-electron chi connectivity index (χ3n) is 2.42. The molecule has 0 saturated heterocycles. The molecule has 0 unspecified atom stereocenters. The normalized spacial score (nSPS) is 10.4. The Hall–Kier alpha value is -0.450. The van der Waals surface area contributed by atoms with Gasteiger partial charge >= 0.3 is 0 Å². The van der Waals surface area contributed by atoms with Gasteiger partial charge in [-0.25, -0.2) is 0 Å². The highest BCUT2D eigenvalue weighted by molar-refractivity contribution is 5.81. The van der Waals surface area contributed by atoms with Crippen molar-refractivity contribution in [1.29, 1.82) is 0 Å². The third kappa shape index (κ3) is 13.6. The second-order valence-corrected chi connectivity index (χ2v) is 4.18. The lowest BCUT2D eigenvalue weighted by Crippen LogP contribution is -2.23. The number of hydrogen-bond donors (Lipinski definition) is 0. The Kier molecular flexibility index (Phi) is 16.1. The highest BCUT2D eigenvalue weighted by atomic mass is 16.5. The van der Waals surface area contributed by atoms with Gasteiger partial charge in [-0.05, 0) is 13.6 Å². The number of ether oxygens (including phenoxy) is 2. The van der Waals surface area contributed by atoms with E-state index in [2.05, 4.69) is 18.9 Å². The van der Waals surface area contributed by atoms with Crippen LogP contribution in [0.1, 0.15) is 34.6 Å². The molecule has 4 nitrogen and oxygen atoms in total. The number of nitrogens with zero attached hydrogens (tertiary/aromatic N) is 1. The summed E-state index contributed by atoms with van der Waals surface area (Å²) in [6.07, 6.45) is 0. The van der Waals surface area contributed by atoms with Gasteiger partial charge in [-0.2, -0.15) is 0 Å². The molecule has 4 heteroatoms. The topological polar surface area (TPSA) is 38.8 Å². The molecule has 0 rings (SSSR count). The lowest BCUT2D eigenvalue weighted by atomic mass is 10.1. The first-order chi connectivity index (χ1) is 8.57. The number of carbonyl (C=O) groups excluding carboxylic acids is 1. The van der Waals surface area contributed by atoms with Crippen LogP contribution >= 0.6 is 0 Å². The maximum absolute atomic E-state index is 11.2. The first-order valence-electron chi connectivity index (χ1n) is 6.94. The molecule has 0 atom stereocenters. The number of carbonyl (C=O) groups is 1. The Labute approximate surface area is 113 Å². The minimum absolute atomic E-state index is 0.0547. The van der Waals surface area contributed by atoms with Gasteiger partial charge in [0, 0.05) is 12.5 Å². The Bertz CT molecular complexity index is 184. The quantitative estimate of drug-likeness (QED) is 0.565. The Morgan fingerprint density at radius 3 is 2.17 bits per heavy atom. The zero-order valence-corrected chi connectivity index (χ0v) is 13.0. The summed E-state index contributed by atoms with van der Waals surface area (Å²) in [7, 11) is 2.06. The highest BCUT2D eigenvalue weighted by Crippen LogP contribution is 1.94. The van der Waals surface area contributed by atoms with E-state index in [4.69, 9.17) is 9.47 Å². The lowest BCUT2D eigenvalue weighted by molar-refractivity contribution is -0.127. The molecule has 0 fully saturated rings. The molecule has 0 aromatic rings. The summed E-state index contributed by atoms with van der Waals surface area (Å²) in [6.45, 7) is 13.8. The molecule has 0 aromatic heterocycles. The maximum atomic E-state index is 11.2. The first-order valence-corrected chi connectivity index (χ1v) is 6.94. The SMILES string of the molecule is CC.CCN(C)CCOCCOCC(=O)C(C)C. The van der Waals surface area contributed by atoms with Gasteiger partial charge in [0.2, 0.25) is 0 Å². The summed E-state index contributed by atoms with van der Waals surface area (Å²) in [5.41, 5.74) is 0. The van der Waals surface area contributed by atoms with Gasteiger partial charge in [0.1, 0.15) is 6.61 Å². The Morgan fingerprint density at radius 1 is 1.11 bits per heavy atom. The van der Waals surface area contributed by atoms with Gasteiger partial charge in [0.05, 0.1) is 19.8 Å². The zero-order valence-electron chi connectivity index (χ0n) is 13.0. The molecule has 18 heavy (non-hydrogen) atoms. The number of hydrogen-bond acceptors (Lipinski definition) is 4. The fourth-order valence-corrected chi connectivity index (χ4v) is 0.938. The molecular weight excluding hydrogens is 230 g/mol. The molecule has 0 heterocycles. The van der Waals surface area contributed by atoms with E-state index >= 15 is 0 Å². The first kappa shape index (κ1) is 19.9. The van der Waals surface area contributed by atoms with Crippen LogP contribution in [-0.4, -0.2) is 57.2 Å². The third-order valence-corrected chi connectivity index (χ3v) is 2.42. The van der Waals surface area contributed by atoms with Crippen molar-refractivity contribution in [2.24, 2.45) is 5.92 Å². The molecule has 0 aliphatic heterocycles. The van der Waals surface area contributed by atoms with Gasteiger partial charge < -0.3 is 14.4 Å². The van der Waals surface area contributed by atoms with Crippen molar-refractivity contribution in [3.63, 3.8) is 0 Å². The van der Waals surface area contributed by atoms with Crippen LogP contribution in [0, 0.1) is 5.92 Å². The monoisotopic (exact) mass is 261 g/mol. The summed E-state index contributed by atoms with van der Waals surface area (Å²) in [4.78, 5) is 13.4. The van der Waals surface area contributed by atoms with Crippen molar-refractivity contribution < 1.29 is 14.3 Å². The van der Waals surface area contributed by atoms with E-state index in [0.717, 1.165) is 13.1 Å². The number of Topliss-reactive ketones (excluding diaryl/α,β-unsaturated/α-hetero) is 1. The predicted molar refractivity (Wildman–Crippen MR) is 76.0 cm³/mol. The minimum Gasteiger partial charge on any atom is -0.378 e. The molecule has 0 aliphatic carbocycles. The summed E-state index contributed by atoms with van der Waals surface area (Å²) >= 11 is 0. The van der Waals surface area contributed by atoms with E-state index in [9.17, 15) is 4.79 Å². The molecule has 0 N–H and O–H groups in total. The fourth-order valence-electron chi connectivity index (χ4n) is 0.938. The zero-order chi connectivity index (χ0) is 14.4. The van der Waals surface area contributed by atoms with Gasteiger partial charge in [-0.1, -0.05) is 34.6 Å². The van der Waals surface area contributed by atoms with Crippen LogP contribution in [0.3, 0.4) is 0 Å². The van der Waals surface area contributed by atoms with Crippen molar-refractivity contribution in [2.75, 3.05) is 46.6 Å². The standard InChI is InChI=1S/C12H25NO3.C2H6/c1-5-13(4)6-7-15-8-9-16-10-12(14)11(2)3;1-2/h11H,5-10H2,1-4H3;1-2H3. The van der Waals surface area contributed by atoms with Gasteiger partial charge in [0.15, 0.2) is 5.78 Å². The summed E-state index contributed by atoms with van der Waals surface area (Å²) in [5.74, 6) is 0.199.